The first-order valence-electron chi connectivity index (χ1n) is 9.06. The van der Waals surface area contributed by atoms with E-state index in [2.05, 4.69) is 67.5 Å². The maximum Gasteiger partial charge on any atom is 0.247 e. The van der Waals surface area contributed by atoms with E-state index < -0.39 is 0 Å². The van der Waals surface area contributed by atoms with Gasteiger partial charge in [0, 0.05) is 37.9 Å². The molecule has 2 aromatic heterocycles. The van der Waals surface area contributed by atoms with Crippen LogP contribution >= 0.6 is 0 Å². The first kappa shape index (κ1) is 17.3. The topological polar surface area (TPSA) is 83.2 Å². The van der Waals surface area contributed by atoms with Crippen LogP contribution in [0.4, 0.5) is 23.3 Å². The molecular formula is C19H23N7O. The van der Waals surface area contributed by atoms with Crippen molar-refractivity contribution in [2.75, 3.05) is 41.3 Å². The minimum absolute atomic E-state index is 0.602. The van der Waals surface area contributed by atoms with E-state index >= 15 is 0 Å². The molecule has 0 bridgehead atoms. The quantitative estimate of drug-likeness (QED) is 0.756. The Morgan fingerprint density at radius 3 is 2.52 bits per heavy atom. The summed E-state index contributed by atoms with van der Waals surface area (Å²) in [6.07, 6.45) is 1.58. The normalized spacial score (nSPS) is 14.5. The smallest absolute Gasteiger partial charge is 0.247 e. The fourth-order valence-corrected chi connectivity index (χ4v) is 3.27. The van der Waals surface area contributed by atoms with Gasteiger partial charge in [0.1, 0.15) is 5.76 Å². The molecule has 27 heavy (non-hydrogen) atoms. The number of nitrogens with one attached hydrogen (secondary N) is 1. The third kappa shape index (κ3) is 3.69. The third-order valence-corrected chi connectivity index (χ3v) is 4.91. The van der Waals surface area contributed by atoms with Crippen molar-refractivity contribution in [2.45, 2.75) is 20.8 Å². The van der Waals surface area contributed by atoms with Crippen LogP contribution in [-0.4, -0.2) is 46.5 Å². The number of piperazine rings is 1. The van der Waals surface area contributed by atoms with E-state index in [0.29, 0.717) is 17.6 Å². The van der Waals surface area contributed by atoms with E-state index in [9.17, 15) is 0 Å². The molecule has 0 saturated carbocycles. The molecule has 1 saturated heterocycles. The predicted molar refractivity (Wildman–Crippen MR) is 105 cm³/mol. The van der Waals surface area contributed by atoms with Crippen molar-refractivity contribution < 1.29 is 4.52 Å². The molecule has 1 aliphatic rings. The van der Waals surface area contributed by atoms with Crippen molar-refractivity contribution in [1.82, 2.24) is 20.3 Å². The average molecular weight is 365 g/mol. The lowest BCUT2D eigenvalue weighted by Crippen LogP contribution is -2.47. The molecule has 8 nitrogen and oxygen atoms in total. The number of aryl methyl sites for hydroxylation is 2. The maximum atomic E-state index is 5.06. The maximum absolute atomic E-state index is 5.06. The highest BCUT2D eigenvalue weighted by Crippen LogP contribution is 2.25. The molecule has 8 heteroatoms. The van der Waals surface area contributed by atoms with Crippen LogP contribution in [0.25, 0.3) is 0 Å². The van der Waals surface area contributed by atoms with Crippen LogP contribution in [0.3, 0.4) is 0 Å². The molecule has 0 radical (unpaired) electrons. The van der Waals surface area contributed by atoms with Crippen molar-refractivity contribution in [3.8, 4) is 0 Å². The molecule has 0 atom stereocenters. The molecule has 1 aliphatic heterocycles. The van der Waals surface area contributed by atoms with Crippen LogP contribution in [0.15, 0.2) is 35.0 Å². The first-order chi connectivity index (χ1) is 13.1. The van der Waals surface area contributed by atoms with Crippen LogP contribution in [0.1, 0.15) is 16.9 Å². The van der Waals surface area contributed by atoms with Crippen LogP contribution in [0.5, 0.6) is 0 Å². The summed E-state index contributed by atoms with van der Waals surface area (Å²) in [4.78, 5) is 9.16. The van der Waals surface area contributed by atoms with E-state index in [1.807, 2.05) is 13.0 Å². The second-order valence-corrected chi connectivity index (χ2v) is 6.78. The van der Waals surface area contributed by atoms with Crippen LogP contribution in [0.2, 0.25) is 0 Å². The van der Waals surface area contributed by atoms with Gasteiger partial charge in [0.05, 0.1) is 6.20 Å². The second-order valence-electron chi connectivity index (χ2n) is 6.78. The average Bonchev–Trinajstić information content (AvgIpc) is 3.09. The summed E-state index contributed by atoms with van der Waals surface area (Å²) in [7, 11) is 0. The molecule has 3 heterocycles. The Balaban J connectivity index is 1.43. The summed E-state index contributed by atoms with van der Waals surface area (Å²) in [5, 5.41) is 15.3. The third-order valence-electron chi connectivity index (χ3n) is 4.91. The molecule has 4 rings (SSSR count). The van der Waals surface area contributed by atoms with E-state index in [1.54, 1.807) is 6.20 Å². The summed E-state index contributed by atoms with van der Waals surface area (Å²) < 4.78 is 5.06. The summed E-state index contributed by atoms with van der Waals surface area (Å²) in [5.41, 5.74) is 3.98. The highest BCUT2D eigenvalue weighted by Gasteiger charge is 2.21. The molecule has 0 spiro atoms. The Hall–Kier alpha value is -3.16. The molecule has 1 N–H and O–H groups in total. The Bertz CT molecular complexity index is 931. The molecule has 140 valence electrons. The molecular weight excluding hydrogens is 342 g/mol. The number of benzene rings is 1. The number of rotatable bonds is 4. The zero-order chi connectivity index (χ0) is 18.8. The number of aromatic nitrogens is 4. The predicted octanol–water partition coefficient (Wildman–Crippen LogP) is 2.86. The van der Waals surface area contributed by atoms with E-state index in [1.165, 1.54) is 16.8 Å². The molecule has 0 amide bonds. The molecule has 3 aromatic rings. The summed E-state index contributed by atoms with van der Waals surface area (Å²) in [5.74, 6) is 2.58. The Morgan fingerprint density at radius 1 is 1.00 bits per heavy atom. The van der Waals surface area contributed by atoms with Crippen molar-refractivity contribution in [2.24, 2.45) is 0 Å². The first-order valence-corrected chi connectivity index (χ1v) is 9.06. The monoisotopic (exact) mass is 365 g/mol. The van der Waals surface area contributed by atoms with Crippen molar-refractivity contribution in [1.29, 1.82) is 0 Å². The van der Waals surface area contributed by atoms with Gasteiger partial charge in [0.2, 0.25) is 5.95 Å². The van der Waals surface area contributed by atoms with E-state index in [-0.39, 0.29) is 0 Å². The fourth-order valence-electron chi connectivity index (χ4n) is 3.27. The Kier molecular flexibility index (Phi) is 4.62. The summed E-state index contributed by atoms with van der Waals surface area (Å²) >= 11 is 0. The van der Waals surface area contributed by atoms with Gasteiger partial charge in [-0.3, -0.25) is 0 Å². The van der Waals surface area contributed by atoms with Gasteiger partial charge in [0.25, 0.3) is 0 Å². The van der Waals surface area contributed by atoms with Gasteiger partial charge in [-0.1, -0.05) is 17.3 Å². The van der Waals surface area contributed by atoms with E-state index in [0.717, 1.165) is 31.9 Å². The van der Waals surface area contributed by atoms with Crippen molar-refractivity contribution >= 4 is 23.3 Å². The molecule has 1 aromatic carbocycles. The number of hydrogen-bond acceptors (Lipinski definition) is 8. The van der Waals surface area contributed by atoms with Crippen LogP contribution < -0.4 is 15.1 Å². The van der Waals surface area contributed by atoms with Crippen LogP contribution in [0, 0.1) is 20.8 Å². The van der Waals surface area contributed by atoms with Gasteiger partial charge >= 0.3 is 0 Å². The lowest BCUT2D eigenvalue weighted by molar-refractivity contribution is 0.400. The second kappa shape index (κ2) is 7.22. The van der Waals surface area contributed by atoms with Crippen molar-refractivity contribution in [3.05, 3.63) is 47.3 Å². The lowest BCUT2D eigenvalue weighted by atomic mass is 10.1. The minimum Gasteiger partial charge on any atom is -0.368 e. The van der Waals surface area contributed by atoms with Gasteiger partial charge in [-0.25, -0.2) is 0 Å². The van der Waals surface area contributed by atoms with Crippen molar-refractivity contribution in [3.63, 3.8) is 0 Å². The van der Waals surface area contributed by atoms with Gasteiger partial charge < -0.3 is 19.6 Å². The molecule has 1 fully saturated rings. The molecule has 0 aliphatic carbocycles. The SMILES string of the molecule is Cc1cc(Nc2cnnc(N3CCN(c4cccc(C)c4C)CC3)n2)no1. The number of anilines is 4. The minimum atomic E-state index is 0.602. The van der Waals surface area contributed by atoms with Gasteiger partial charge in [0.15, 0.2) is 11.6 Å². The molecule has 0 unspecified atom stereocenters. The van der Waals surface area contributed by atoms with Gasteiger partial charge in [-0.2, -0.15) is 10.1 Å². The number of hydrogen-bond donors (Lipinski definition) is 1. The summed E-state index contributed by atoms with van der Waals surface area (Å²) in [6.45, 7) is 9.73. The van der Waals surface area contributed by atoms with Gasteiger partial charge in [-0.15, -0.1) is 5.10 Å². The summed E-state index contributed by atoms with van der Waals surface area (Å²) in [6, 6.07) is 8.28. The number of nitrogens with zero attached hydrogens (tertiary/aromatic N) is 6. The lowest BCUT2D eigenvalue weighted by Gasteiger charge is -2.36. The van der Waals surface area contributed by atoms with Crippen LogP contribution in [-0.2, 0) is 0 Å². The fraction of sp³-hybridized carbons (Fsp3) is 0.368. The van der Waals surface area contributed by atoms with Gasteiger partial charge in [-0.05, 0) is 38.0 Å². The Morgan fingerprint density at radius 2 is 1.78 bits per heavy atom. The standard InChI is InChI=1S/C19H23N7O/c1-13-5-4-6-16(15(13)3)25-7-9-26(10-8-25)19-22-18(12-20-23-19)21-17-11-14(2)27-24-17/h4-6,11-12H,7-10H2,1-3H3,(H,21,22,23,24). The highest BCUT2D eigenvalue weighted by atomic mass is 16.5. The van der Waals surface area contributed by atoms with E-state index in [4.69, 9.17) is 4.52 Å². The highest BCUT2D eigenvalue weighted by molar-refractivity contribution is 5.57. The Labute approximate surface area is 158 Å². The largest absolute Gasteiger partial charge is 0.368 e. The zero-order valence-electron chi connectivity index (χ0n) is 15.8. The zero-order valence-corrected chi connectivity index (χ0v) is 15.8.